The lowest BCUT2D eigenvalue weighted by Gasteiger charge is -2.14. The molecule has 108 valence electrons. The predicted molar refractivity (Wildman–Crippen MR) is 82.5 cm³/mol. The Morgan fingerprint density at radius 2 is 2.10 bits per heavy atom. The zero-order valence-corrected chi connectivity index (χ0v) is 13.2. The molecule has 0 spiro atoms. The Balaban J connectivity index is 1.97. The van der Waals surface area contributed by atoms with Crippen molar-refractivity contribution in [2.24, 2.45) is 0 Å². The molecule has 1 N–H and O–H groups in total. The van der Waals surface area contributed by atoms with Gasteiger partial charge in [-0.2, -0.15) is 0 Å². The molecule has 1 unspecified atom stereocenters. The average molecular weight is 292 g/mol. The van der Waals surface area contributed by atoms with Crippen LogP contribution in [-0.2, 0) is 12.0 Å². The first kappa shape index (κ1) is 15.1. The average Bonchev–Trinajstić information content (AvgIpc) is 2.84. The third kappa shape index (κ3) is 3.87. The van der Waals surface area contributed by atoms with Crippen LogP contribution in [0.25, 0.3) is 0 Å². The summed E-state index contributed by atoms with van der Waals surface area (Å²) < 4.78 is 13.2. The maximum Gasteiger partial charge on any atom is 0.123 e. The maximum atomic E-state index is 13.2. The fourth-order valence-corrected chi connectivity index (χ4v) is 2.80. The molecule has 0 aliphatic rings. The zero-order chi connectivity index (χ0) is 14.8. The largest absolute Gasteiger partial charge is 0.305 e. The van der Waals surface area contributed by atoms with Crippen LogP contribution in [0, 0.1) is 5.82 Å². The van der Waals surface area contributed by atoms with E-state index in [4.69, 9.17) is 0 Å². The van der Waals surface area contributed by atoms with Gasteiger partial charge in [-0.3, -0.25) is 0 Å². The van der Waals surface area contributed by atoms with Crippen molar-refractivity contribution in [1.29, 1.82) is 0 Å². The quantitative estimate of drug-likeness (QED) is 0.901. The molecule has 0 aliphatic heterocycles. The van der Waals surface area contributed by atoms with Crippen LogP contribution >= 0.6 is 11.3 Å². The third-order valence-corrected chi connectivity index (χ3v) is 4.55. The number of hydrogen-bond donors (Lipinski definition) is 1. The number of rotatable bonds is 4. The minimum absolute atomic E-state index is 0.0943. The number of benzene rings is 1. The van der Waals surface area contributed by atoms with Crippen molar-refractivity contribution in [3.8, 4) is 0 Å². The van der Waals surface area contributed by atoms with Gasteiger partial charge in [0.05, 0.1) is 5.01 Å². The molecule has 2 rings (SSSR count). The molecular weight excluding hydrogens is 271 g/mol. The molecule has 0 fully saturated rings. The number of nitrogens with one attached hydrogen (secondary N) is 1. The van der Waals surface area contributed by atoms with Crippen molar-refractivity contribution in [2.75, 3.05) is 0 Å². The standard InChI is InChI=1S/C16H21FN2S/c1-11(12-6-5-7-13(17)8-12)18-9-14-10-19-15(20-14)16(2,3)4/h5-8,10-11,18H,9H2,1-4H3. The Hall–Kier alpha value is -1.26. The van der Waals surface area contributed by atoms with Gasteiger partial charge >= 0.3 is 0 Å². The smallest absolute Gasteiger partial charge is 0.123 e. The van der Waals surface area contributed by atoms with E-state index in [1.54, 1.807) is 23.5 Å². The van der Waals surface area contributed by atoms with Gasteiger partial charge in [-0.05, 0) is 24.6 Å². The highest BCUT2D eigenvalue weighted by Gasteiger charge is 2.18. The molecule has 4 heteroatoms. The summed E-state index contributed by atoms with van der Waals surface area (Å²) in [5.41, 5.74) is 1.06. The van der Waals surface area contributed by atoms with Gasteiger partial charge in [0.15, 0.2) is 0 Å². The molecule has 0 radical (unpaired) electrons. The minimum Gasteiger partial charge on any atom is -0.305 e. The lowest BCUT2D eigenvalue weighted by atomic mass is 9.98. The Morgan fingerprint density at radius 3 is 2.70 bits per heavy atom. The Labute approximate surface area is 124 Å². The van der Waals surface area contributed by atoms with Gasteiger partial charge in [0.1, 0.15) is 5.82 Å². The van der Waals surface area contributed by atoms with E-state index in [-0.39, 0.29) is 17.3 Å². The van der Waals surface area contributed by atoms with Crippen LogP contribution in [-0.4, -0.2) is 4.98 Å². The van der Waals surface area contributed by atoms with Crippen LogP contribution in [0.5, 0.6) is 0 Å². The van der Waals surface area contributed by atoms with E-state index in [1.807, 2.05) is 19.2 Å². The van der Waals surface area contributed by atoms with E-state index in [1.165, 1.54) is 10.9 Å². The SMILES string of the molecule is CC(NCc1cnc(C(C)(C)C)s1)c1cccc(F)c1. The Morgan fingerprint density at radius 1 is 1.35 bits per heavy atom. The topological polar surface area (TPSA) is 24.9 Å². The molecule has 0 saturated heterocycles. The molecule has 0 bridgehead atoms. The first-order valence-electron chi connectivity index (χ1n) is 6.80. The summed E-state index contributed by atoms with van der Waals surface area (Å²) in [6.45, 7) is 9.29. The summed E-state index contributed by atoms with van der Waals surface area (Å²) in [6.07, 6.45) is 1.93. The molecule has 20 heavy (non-hydrogen) atoms. The summed E-state index contributed by atoms with van der Waals surface area (Å²) in [5, 5.41) is 4.56. The molecular formula is C16H21FN2S. The summed E-state index contributed by atoms with van der Waals surface area (Å²) in [5.74, 6) is -0.191. The van der Waals surface area contributed by atoms with Crippen LogP contribution in [0.15, 0.2) is 30.5 Å². The molecule has 0 saturated carbocycles. The first-order valence-corrected chi connectivity index (χ1v) is 7.62. The molecule has 2 aromatic rings. The molecule has 1 heterocycles. The Kier molecular flexibility index (Phi) is 4.55. The van der Waals surface area contributed by atoms with Crippen molar-refractivity contribution in [3.63, 3.8) is 0 Å². The van der Waals surface area contributed by atoms with Gasteiger partial charge in [0.25, 0.3) is 0 Å². The van der Waals surface area contributed by atoms with Gasteiger partial charge in [0, 0.05) is 29.1 Å². The van der Waals surface area contributed by atoms with Gasteiger partial charge in [0.2, 0.25) is 0 Å². The predicted octanol–water partition coefficient (Wildman–Crippen LogP) is 4.43. The van der Waals surface area contributed by atoms with E-state index >= 15 is 0 Å². The highest BCUT2D eigenvalue weighted by Crippen LogP contribution is 2.27. The van der Waals surface area contributed by atoms with E-state index in [9.17, 15) is 4.39 Å². The van der Waals surface area contributed by atoms with Crippen molar-refractivity contribution in [3.05, 3.63) is 51.7 Å². The Bertz CT molecular complexity index is 572. The monoisotopic (exact) mass is 292 g/mol. The number of nitrogens with zero attached hydrogens (tertiary/aromatic N) is 1. The molecule has 1 atom stereocenters. The highest BCUT2D eigenvalue weighted by atomic mass is 32.1. The van der Waals surface area contributed by atoms with Crippen LogP contribution in [0.4, 0.5) is 4.39 Å². The van der Waals surface area contributed by atoms with Crippen LogP contribution < -0.4 is 5.32 Å². The second-order valence-electron chi connectivity index (χ2n) is 6.04. The number of halogens is 1. The normalized spacial score (nSPS) is 13.4. The third-order valence-electron chi connectivity index (χ3n) is 3.13. The lowest BCUT2D eigenvalue weighted by Crippen LogP contribution is -2.17. The van der Waals surface area contributed by atoms with Gasteiger partial charge in [-0.1, -0.05) is 32.9 Å². The highest BCUT2D eigenvalue weighted by molar-refractivity contribution is 7.11. The first-order chi connectivity index (χ1) is 9.36. The van der Waals surface area contributed by atoms with Crippen LogP contribution in [0.1, 0.15) is 49.2 Å². The fourth-order valence-electron chi connectivity index (χ4n) is 1.88. The van der Waals surface area contributed by atoms with E-state index in [2.05, 4.69) is 31.1 Å². The number of thiazole rings is 1. The molecule has 0 aliphatic carbocycles. The van der Waals surface area contributed by atoms with E-state index < -0.39 is 0 Å². The van der Waals surface area contributed by atoms with E-state index in [0.717, 1.165) is 17.1 Å². The summed E-state index contributed by atoms with van der Waals surface area (Å²) in [6, 6.07) is 6.84. The van der Waals surface area contributed by atoms with Crippen molar-refractivity contribution < 1.29 is 4.39 Å². The molecule has 1 aromatic carbocycles. The second kappa shape index (κ2) is 6.02. The van der Waals surface area contributed by atoms with Crippen LogP contribution in [0.2, 0.25) is 0 Å². The maximum absolute atomic E-state index is 13.2. The van der Waals surface area contributed by atoms with Gasteiger partial charge in [-0.15, -0.1) is 11.3 Å². The summed E-state index contributed by atoms with van der Waals surface area (Å²) >= 11 is 1.73. The molecule has 2 nitrogen and oxygen atoms in total. The van der Waals surface area contributed by atoms with Crippen LogP contribution in [0.3, 0.4) is 0 Å². The van der Waals surface area contributed by atoms with Crippen molar-refractivity contribution in [1.82, 2.24) is 10.3 Å². The van der Waals surface area contributed by atoms with Crippen molar-refractivity contribution >= 4 is 11.3 Å². The number of aromatic nitrogens is 1. The van der Waals surface area contributed by atoms with Gasteiger partial charge in [-0.25, -0.2) is 9.37 Å². The molecule has 1 aromatic heterocycles. The zero-order valence-electron chi connectivity index (χ0n) is 12.4. The molecule has 0 amide bonds. The fraction of sp³-hybridized carbons (Fsp3) is 0.438. The summed E-state index contributed by atoms with van der Waals surface area (Å²) in [4.78, 5) is 5.68. The second-order valence-corrected chi connectivity index (χ2v) is 7.15. The van der Waals surface area contributed by atoms with Crippen molar-refractivity contribution in [2.45, 2.75) is 45.7 Å². The summed E-state index contributed by atoms with van der Waals surface area (Å²) in [7, 11) is 0. The lowest BCUT2D eigenvalue weighted by molar-refractivity contribution is 0.568. The number of hydrogen-bond acceptors (Lipinski definition) is 3. The van der Waals surface area contributed by atoms with E-state index in [0.29, 0.717) is 0 Å². The minimum atomic E-state index is -0.191. The van der Waals surface area contributed by atoms with Gasteiger partial charge < -0.3 is 5.32 Å².